The van der Waals surface area contributed by atoms with Gasteiger partial charge in [-0.25, -0.2) is 4.58 Å². The summed E-state index contributed by atoms with van der Waals surface area (Å²) >= 11 is 0. The lowest BCUT2D eigenvalue weighted by Crippen LogP contribution is -2.42. The Bertz CT molecular complexity index is 782. The molecule has 2 unspecified atom stereocenters. The average molecular weight is 424 g/mol. The third-order valence-corrected chi connectivity index (χ3v) is 8.88. The Morgan fingerprint density at radius 3 is 1.40 bits per heavy atom. The molecule has 30 heavy (non-hydrogen) atoms. The minimum absolute atomic E-state index is 0.462. The standard InChI is InChI=1S/C27H40N2P/c1-19(2)28(20(3)4)25-26(29(21(5)6)22(7)8)27(25)30(23-15-11-9-12-16-23)24-17-13-10-14-18-24/h9-22,25,27H,1-8H3/q+1. The third-order valence-electron chi connectivity index (χ3n) is 6.07. The molecule has 0 saturated heterocycles. The maximum atomic E-state index is 2.75. The van der Waals surface area contributed by atoms with Gasteiger partial charge in [0.2, 0.25) is 0 Å². The molecule has 0 bridgehead atoms. The molecule has 0 aromatic heterocycles. The number of nitrogens with zero attached hydrogens (tertiary/aromatic N) is 2. The van der Waals surface area contributed by atoms with Gasteiger partial charge in [0.05, 0.1) is 5.66 Å². The van der Waals surface area contributed by atoms with Gasteiger partial charge in [0, 0.05) is 12.1 Å². The zero-order chi connectivity index (χ0) is 22.0. The fourth-order valence-electron chi connectivity index (χ4n) is 5.20. The number of hydrogen-bond donors (Lipinski definition) is 0. The highest BCUT2D eigenvalue weighted by molar-refractivity contribution is 7.75. The molecule has 162 valence electrons. The quantitative estimate of drug-likeness (QED) is 0.415. The molecule has 0 amide bonds. The fraction of sp³-hybridized carbons (Fsp3) is 0.519. The van der Waals surface area contributed by atoms with Crippen LogP contribution in [0.1, 0.15) is 55.4 Å². The maximum Gasteiger partial charge on any atom is 0.181 e. The van der Waals surface area contributed by atoms with Crippen molar-refractivity contribution in [3.8, 4) is 0 Å². The monoisotopic (exact) mass is 423 g/mol. The lowest BCUT2D eigenvalue weighted by Gasteiger charge is -2.30. The molecule has 3 rings (SSSR count). The summed E-state index contributed by atoms with van der Waals surface area (Å²) in [5.74, 6) is 0. The second kappa shape index (κ2) is 9.75. The summed E-state index contributed by atoms with van der Waals surface area (Å²) in [4.78, 5) is 2.75. The first kappa shape index (κ1) is 23.2. The number of rotatable bonds is 8. The van der Waals surface area contributed by atoms with E-state index in [0.717, 1.165) is 0 Å². The number of benzene rings is 2. The van der Waals surface area contributed by atoms with E-state index in [1.807, 2.05) is 0 Å². The van der Waals surface area contributed by atoms with Crippen LogP contribution in [0.5, 0.6) is 0 Å². The lowest BCUT2D eigenvalue weighted by molar-refractivity contribution is -0.586. The van der Waals surface area contributed by atoms with Crippen LogP contribution >= 0.6 is 7.92 Å². The van der Waals surface area contributed by atoms with Gasteiger partial charge < -0.3 is 0 Å². The Kier molecular flexibility index (Phi) is 7.53. The summed E-state index contributed by atoms with van der Waals surface area (Å²) in [6.07, 6.45) is 0. The van der Waals surface area contributed by atoms with Crippen LogP contribution in [0.3, 0.4) is 0 Å². The van der Waals surface area contributed by atoms with E-state index < -0.39 is 7.92 Å². The first-order valence-electron chi connectivity index (χ1n) is 11.6. The average Bonchev–Trinajstić information content (AvgIpc) is 3.35. The highest BCUT2D eigenvalue weighted by Gasteiger charge is 2.62. The molecule has 1 fully saturated rings. The van der Waals surface area contributed by atoms with Gasteiger partial charge in [-0.1, -0.05) is 60.7 Å². The molecule has 3 heteroatoms. The molecule has 0 N–H and O–H groups in total. The lowest BCUT2D eigenvalue weighted by atomic mass is 10.2. The Hall–Kier alpha value is -1.50. The minimum Gasteiger partial charge on any atom is -0.285 e. The zero-order valence-electron chi connectivity index (χ0n) is 20.1. The van der Waals surface area contributed by atoms with E-state index in [-0.39, 0.29) is 0 Å². The predicted octanol–water partition coefficient (Wildman–Crippen LogP) is 5.26. The molecule has 0 aliphatic heterocycles. The van der Waals surface area contributed by atoms with Crippen LogP contribution < -0.4 is 10.6 Å². The van der Waals surface area contributed by atoms with Crippen LogP contribution in [0.2, 0.25) is 0 Å². The zero-order valence-corrected chi connectivity index (χ0v) is 21.0. The van der Waals surface area contributed by atoms with Crippen molar-refractivity contribution < 1.29 is 4.58 Å². The molecule has 2 atom stereocenters. The van der Waals surface area contributed by atoms with Gasteiger partial charge in [-0.05, 0) is 73.9 Å². The van der Waals surface area contributed by atoms with Crippen molar-refractivity contribution in [1.82, 2.24) is 4.90 Å². The molecular formula is C27H40N2P+. The van der Waals surface area contributed by atoms with Crippen LogP contribution in [0, 0.1) is 0 Å². The smallest absolute Gasteiger partial charge is 0.181 e. The van der Waals surface area contributed by atoms with Crippen LogP contribution in [0.15, 0.2) is 60.7 Å². The second-order valence-corrected chi connectivity index (χ2v) is 11.9. The molecule has 0 radical (unpaired) electrons. The van der Waals surface area contributed by atoms with Crippen molar-refractivity contribution in [2.45, 2.75) is 91.3 Å². The molecule has 2 aromatic rings. The molecule has 1 aliphatic rings. The van der Waals surface area contributed by atoms with Crippen molar-refractivity contribution in [3.63, 3.8) is 0 Å². The Labute approximate surface area is 185 Å². The van der Waals surface area contributed by atoms with E-state index in [1.54, 1.807) is 5.71 Å². The molecule has 2 aromatic carbocycles. The molecule has 1 saturated carbocycles. The molecule has 2 nitrogen and oxygen atoms in total. The van der Waals surface area contributed by atoms with Crippen molar-refractivity contribution in [2.24, 2.45) is 0 Å². The second-order valence-electron chi connectivity index (χ2n) is 9.59. The van der Waals surface area contributed by atoms with E-state index in [1.165, 1.54) is 10.6 Å². The molecule has 1 aliphatic carbocycles. The Morgan fingerprint density at radius 1 is 0.667 bits per heavy atom. The van der Waals surface area contributed by atoms with E-state index in [4.69, 9.17) is 0 Å². The summed E-state index contributed by atoms with van der Waals surface area (Å²) in [7, 11) is -0.462. The van der Waals surface area contributed by atoms with Gasteiger partial charge in [0.25, 0.3) is 0 Å². The summed E-state index contributed by atoms with van der Waals surface area (Å²) in [6, 6.07) is 25.1. The SMILES string of the molecule is CC(C)N(C(C)C)C1C(=[N+](C(C)C)C(C)C)C1P(c1ccccc1)c1ccccc1. The Balaban J connectivity index is 2.20. The van der Waals surface area contributed by atoms with Crippen LogP contribution in [-0.4, -0.2) is 51.1 Å². The molecule has 0 heterocycles. The minimum atomic E-state index is -0.462. The van der Waals surface area contributed by atoms with Crippen molar-refractivity contribution in [3.05, 3.63) is 60.7 Å². The van der Waals surface area contributed by atoms with E-state index in [0.29, 0.717) is 35.9 Å². The van der Waals surface area contributed by atoms with E-state index in [2.05, 4.69) is 126 Å². The van der Waals surface area contributed by atoms with Crippen molar-refractivity contribution in [1.29, 1.82) is 0 Å². The summed E-state index contributed by atoms with van der Waals surface area (Å²) in [6.45, 7) is 18.8. The van der Waals surface area contributed by atoms with Gasteiger partial charge in [0.1, 0.15) is 18.1 Å². The number of hydrogen-bond acceptors (Lipinski definition) is 1. The normalized spacial score (nSPS) is 19.1. The highest BCUT2D eigenvalue weighted by Crippen LogP contribution is 2.53. The fourth-order valence-corrected chi connectivity index (χ4v) is 8.18. The first-order chi connectivity index (χ1) is 14.3. The highest BCUT2D eigenvalue weighted by atomic mass is 31.1. The Morgan fingerprint density at radius 2 is 1.07 bits per heavy atom. The van der Waals surface area contributed by atoms with Gasteiger partial charge in [-0.15, -0.1) is 0 Å². The topological polar surface area (TPSA) is 6.25 Å². The van der Waals surface area contributed by atoms with Gasteiger partial charge in [0.15, 0.2) is 5.71 Å². The maximum absolute atomic E-state index is 2.75. The molecular weight excluding hydrogens is 383 g/mol. The van der Waals surface area contributed by atoms with Gasteiger partial charge in [-0.3, -0.25) is 4.90 Å². The van der Waals surface area contributed by atoms with Crippen LogP contribution in [0.25, 0.3) is 0 Å². The summed E-state index contributed by atoms with van der Waals surface area (Å²) in [5, 5.41) is 2.98. The largest absolute Gasteiger partial charge is 0.285 e. The first-order valence-corrected chi connectivity index (χ1v) is 13.0. The van der Waals surface area contributed by atoms with Crippen LogP contribution in [0.4, 0.5) is 0 Å². The van der Waals surface area contributed by atoms with Gasteiger partial charge >= 0.3 is 0 Å². The van der Waals surface area contributed by atoms with E-state index >= 15 is 0 Å². The van der Waals surface area contributed by atoms with Gasteiger partial charge in [-0.2, -0.15) is 0 Å². The predicted molar refractivity (Wildman–Crippen MR) is 134 cm³/mol. The third kappa shape index (κ3) is 4.71. The van der Waals surface area contributed by atoms with E-state index in [9.17, 15) is 0 Å². The molecule has 0 spiro atoms. The van der Waals surface area contributed by atoms with Crippen LogP contribution in [-0.2, 0) is 0 Å². The van der Waals surface area contributed by atoms with Crippen molar-refractivity contribution in [2.75, 3.05) is 0 Å². The summed E-state index contributed by atoms with van der Waals surface area (Å²) in [5.41, 5.74) is 2.22. The van der Waals surface area contributed by atoms with Crippen molar-refractivity contribution >= 4 is 24.2 Å². The summed E-state index contributed by atoms with van der Waals surface area (Å²) < 4.78 is 2.70.